The van der Waals surface area contributed by atoms with Crippen LogP contribution in [0.3, 0.4) is 0 Å². The van der Waals surface area contributed by atoms with Crippen LogP contribution in [0.25, 0.3) is 21.9 Å². The van der Waals surface area contributed by atoms with Crippen molar-refractivity contribution in [2.45, 2.75) is 18.9 Å². The van der Waals surface area contributed by atoms with Gasteiger partial charge in [-0.15, -0.1) is 0 Å². The second kappa shape index (κ2) is 6.70. The molecule has 1 saturated heterocycles. The first-order chi connectivity index (χ1) is 14.0. The molecule has 0 aliphatic carbocycles. The van der Waals surface area contributed by atoms with Gasteiger partial charge in [-0.05, 0) is 54.2 Å². The van der Waals surface area contributed by atoms with E-state index in [1.165, 1.54) is 22.6 Å². The minimum atomic E-state index is -0.347. The molecule has 5 rings (SSSR count). The molecule has 7 nitrogen and oxygen atoms in total. The quantitative estimate of drug-likeness (QED) is 0.582. The highest BCUT2D eigenvalue weighted by Crippen LogP contribution is 2.28. The molecule has 4 aromatic rings. The van der Waals surface area contributed by atoms with Crippen molar-refractivity contribution in [1.29, 1.82) is 0 Å². The first kappa shape index (κ1) is 17.9. The number of aromatic amines is 1. The monoisotopic (exact) mass is 389 g/mol. The van der Waals surface area contributed by atoms with Crippen LogP contribution in [0.4, 0.5) is 0 Å². The Hall–Kier alpha value is -3.19. The van der Waals surface area contributed by atoms with E-state index in [9.17, 15) is 9.59 Å². The van der Waals surface area contributed by atoms with Gasteiger partial charge in [0.15, 0.2) is 0 Å². The largest absolute Gasteiger partial charge is 0.361 e. The molecule has 148 valence electrons. The number of hydrogen-bond acceptors (Lipinski definition) is 4. The number of pyridine rings is 1. The van der Waals surface area contributed by atoms with Crippen LogP contribution in [0, 0.1) is 0 Å². The van der Waals surface area contributed by atoms with Crippen LogP contribution >= 0.6 is 0 Å². The number of benzene rings is 1. The van der Waals surface area contributed by atoms with Gasteiger partial charge < -0.3 is 4.98 Å². The predicted octanol–water partition coefficient (Wildman–Crippen LogP) is 2.10. The first-order valence-corrected chi connectivity index (χ1v) is 9.86. The molecule has 1 fully saturated rings. The summed E-state index contributed by atoms with van der Waals surface area (Å²) in [5.41, 5.74) is 3.23. The third kappa shape index (κ3) is 2.98. The second-order valence-corrected chi connectivity index (χ2v) is 7.93. The summed E-state index contributed by atoms with van der Waals surface area (Å²) < 4.78 is 2.58. The summed E-state index contributed by atoms with van der Waals surface area (Å²) in [5, 5.41) is 1.71. The molecule has 0 radical (unpaired) electrons. The number of aromatic nitrogens is 4. The maximum absolute atomic E-state index is 12.4. The van der Waals surface area contributed by atoms with Gasteiger partial charge in [0, 0.05) is 50.5 Å². The van der Waals surface area contributed by atoms with Gasteiger partial charge in [0.2, 0.25) is 0 Å². The lowest BCUT2D eigenvalue weighted by molar-refractivity contribution is 0.326. The third-order valence-electron chi connectivity index (χ3n) is 6.04. The summed E-state index contributed by atoms with van der Waals surface area (Å²) in [6, 6.07) is 12.4. The Balaban J connectivity index is 1.40. The van der Waals surface area contributed by atoms with Gasteiger partial charge >= 0.3 is 5.69 Å². The molecule has 7 heteroatoms. The van der Waals surface area contributed by atoms with Crippen molar-refractivity contribution in [3.63, 3.8) is 0 Å². The summed E-state index contributed by atoms with van der Waals surface area (Å²) in [6.45, 7) is 2.83. The zero-order valence-electron chi connectivity index (χ0n) is 16.6. The predicted molar refractivity (Wildman–Crippen MR) is 113 cm³/mol. The number of rotatable bonds is 3. The lowest BCUT2D eigenvalue weighted by atomic mass is 10.0. The molecule has 0 saturated carbocycles. The van der Waals surface area contributed by atoms with E-state index in [2.05, 4.69) is 34.1 Å². The van der Waals surface area contributed by atoms with E-state index in [0.717, 1.165) is 41.8 Å². The highest BCUT2D eigenvalue weighted by atomic mass is 16.2. The summed E-state index contributed by atoms with van der Waals surface area (Å²) in [4.78, 5) is 35.0. The van der Waals surface area contributed by atoms with Crippen LogP contribution in [-0.2, 0) is 20.6 Å². The number of nitrogens with one attached hydrogen (secondary N) is 1. The Bertz CT molecular complexity index is 1350. The zero-order valence-corrected chi connectivity index (χ0v) is 16.6. The number of aryl methyl sites for hydroxylation is 1. The molecule has 0 spiro atoms. The molecule has 4 heterocycles. The lowest BCUT2D eigenvalue weighted by Crippen LogP contribution is -2.37. The van der Waals surface area contributed by atoms with E-state index >= 15 is 0 Å². The Morgan fingerprint density at radius 2 is 1.97 bits per heavy atom. The molecule has 1 unspecified atom stereocenters. The smallest absolute Gasteiger partial charge is 0.332 e. The fraction of sp³-hybridized carbons (Fsp3) is 0.318. The Labute approximate surface area is 167 Å². The average molecular weight is 389 g/mol. The van der Waals surface area contributed by atoms with E-state index < -0.39 is 0 Å². The van der Waals surface area contributed by atoms with Crippen molar-refractivity contribution >= 4 is 21.9 Å². The van der Waals surface area contributed by atoms with Crippen LogP contribution in [-0.4, -0.2) is 37.1 Å². The fourth-order valence-electron chi connectivity index (χ4n) is 4.37. The number of likely N-dealkylation sites (tertiary alicyclic amines) is 1. The van der Waals surface area contributed by atoms with Crippen LogP contribution in [0.15, 0.2) is 52.2 Å². The molecular formula is C22H23N5O2. The molecule has 29 heavy (non-hydrogen) atoms. The van der Waals surface area contributed by atoms with Crippen molar-refractivity contribution < 1.29 is 0 Å². The van der Waals surface area contributed by atoms with Gasteiger partial charge in [0.1, 0.15) is 5.65 Å². The topological polar surface area (TPSA) is 75.9 Å². The Morgan fingerprint density at radius 3 is 2.83 bits per heavy atom. The highest BCUT2D eigenvalue weighted by molar-refractivity contribution is 5.79. The van der Waals surface area contributed by atoms with Crippen LogP contribution in [0.5, 0.6) is 0 Å². The molecule has 1 aliphatic rings. The second-order valence-electron chi connectivity index (χ2n) is 7.93. The van der Waals surface area contributed by atoms with E-state index in [1.807, 2.05) is 18.3 Å². The van der Waals surface area contributed by atoms with Crippen molar-refractivity contribution in [3.8, 4) is 0 Å². The fourth-order valence-corrected chi connectivity index (χ4v) is 4.37. The Morgan fingerprint density at radius 1 is 1.10 bits per heavy atom. The molecule has 1 aromatic carbocycles. The molecule has 1 atom stereocenters. The van der Waals surface area contributed by atoms with Crippen LogP contribution < -0.4 is 11.2 Å². The average Bonchev–Trinajstić information content (AvgIpc) is 3.39. The minimum Gasteiger partial charge on any atom is -0.361 e. The molecule has 3 aromatic heterocycles. The van der Waals surface area contributed by atoms with E-state index in [4.69, 9.17) is 4.98 Å². The van der Waals surface area contributed by atoms with E-state index in [-0.39, 0.29) is 11.2 Å². The lowest BCUT2D eigenvalue weighted by Gasteiger charge is -2.16. The summed E-state index contributed by atoms with van der Waals surface area (Å²) in [5.74, 6) is 0.301. The van der Waals surface area contributed by atoms with Crippen molar-refractivity contribution in [1.82, 2.24) is 24.0 Å². The van der Waals surface area contributed by atoms with Crippen molar-refractivity contribution in [2.24, 2.45) is 14.1 Å². The number of fused-ring (bicyclic) bond motifs is 2. The van der Waals surface area contributed by atoms with E-state index in [1.54, 1.807) is 7.05 Å². The van der Waals surface area contributed by atoms with Gasteiger partial charge in [-0.25, -0.2) is 9.78 Å². The Kier molecular flexibility index (Phi) is 4.13. The maximum Gasteiger partial charge on any atom is 0.332 e. The van der Waals surface area contributed by atoms with Crippen LogP contribution in [0.2, 0.25) is 0 Å². The molecule has 0 bridgehead atoms. The normalized spacial score (nSPS) is 17.5. The molecular weight excluding hydrogens is 366 g/mol. The number of nitrogens with zero attached hydrogens (tertiary/aromatic N) is 4. The molecule has 1 N–H and O–H groups in total. The first-order valence-electron chi connectivity index (χ1n) is 9.86. The number of H-pyrrole nitrogens is 1. The van der Waals surface area contributed by atoms with Gasteiger partial charge in [-0.1, -0.05) is 6.07 Å². The standard InChI is InChI=1S/C22H23N5O2/c1-25-20-17(21(28)26(2)22(25)29)4-6-19(24-20)16-8-10-27(13-16)12-14-3-5-18-15(11-14)7-9-23-18/h3-7,9,11,16,23H,8,10,12-13H2,1-2H3. The van der Waals surface area contributed by atoms with Gasteiger partial charge in [0.05, 0.1) is 5.39 Å². The van der Waals surface area contributed by atoms with Gasteiger partial charge in [-0.3, -0.25) is 18.8 Å². The SMILES string of the molecule is Cn1c(=O)c2ccc(C3CCN(Cc4ccc5[nH]ccc5c4)C3)nc2n(C)c1=O. The van der Waals surface area contributed by atoms with Crippen molar-refractivity contribution in [3.05, 3.63) is 74.7 Å². The maximum atomic E-state index is 12.4. The number of hydrogen-bond donors (Lipinski definition) is 1. The summed E-state index contributed by atoms with van der Waals surface area (Å²) >= 11 is 0. The summed E-state index contributed by atoms with van der Waals surface area (Å²) in [6.07, 6.45) is 2.98. The van der Waals surface area contributed by atoms with Gasteiger partial charge in [0.25, 0.3) is 5.56 Å². The van der Waals surface area contributed by atoms with Crippen molar-refractivity contribution in [2.75, 3.05) is 13.1 Å². The minimum absolute atomic E-state index is 0.296. The summed E-state index contributed by atoms with van der Waals surface area (Å²) in [7, 11) is 3.16. The third-order valence-corrected chi connectivity index (χ3v) is 6.04. The van der Waals surface area contributed by atoms with E-state index in [0.29, 0.717) is 17.0 Å². The zero-order chi connectivity index (χ0) is 20.1. The van der Waals surface area contributed by atoms with Gasteiger partial charge in [-0.2, -0.15) is 0 Å². The highest BCUT2D eigenvalue weighted by Gasteiger charge is 2.25. The molecule has 1 aliphatic heterocycles. The molecule has 0 amide bonds. The van der Waals surface area contributed by atoms with Crippen LogP contribution in [0.1, 0.15) is 23.6 Å².